The van der Waals surface area contributed by atoms with E-state index in [0.29, 0.717) is 25.2 Å². The Kier molecular flexibility index (Phi) is 10.8. The van der Waals surface area contributed by atoms with Gasteiger partial charge in [0, 0.05) is 31.8 Å². The van der Waals surface area contributed by atoms with E-state index in [-0.39, 0.29) is 5.91 Å². The minimum atomic E-state index is -0.108. The molecule has 102 valence electrons. The van der Waals surface area contributed by atoms with Gasteiger partial charge in [-0.25, -0.2) is 0 Å². The number of allylic oxidation sites excluding steroid dienone is 3. The summed E-state index contributed by atoms with van der Waals surface area (Å²) in [6.45, 7) is 4.50. The van der Waals surface area contributed by atoms with Gasteiger partial charge in [0.25, 0.3) is 5.91 Å². The van der Waals surface area contributed by atoms with E-state index in [1.165, 1.54) is 6.26 Å². The second-order valence-electron chi connectivity index (χ2n) is 3.48. The van der Waals surface area contributed by atoms with Crippen LogP contribution in [0.3, 0.4) is 0 Å². The lowest BCUT2D eigenvalue weighted by Crippen LogP contribution is -2.34. The number of rotatable bonds is 9. The van der Waals surface area contributed by atoms with Crippen molar-refractivity contribution in [2.45, 2.75) is 6.92 Å². The maximum atomic E-state index is 11.8. The molecule has 1 amide bonds. The minimum absolute atomic E-state index is 0.108. The van der Waals surface area contributed by atoms with Crippen molar-refractivity contribution in [1.82, 2.24) is 10.6 Å². The molecule has 0 rings (SSSR count). The van der Waals surface area contributed by atoms with Gasteiger partial charge in [0.05, 0.1) is 13.4 Å². The molecule has 0 unspecified atom stereocenters. The summed E-state index contributed by atoms with van der Waals surface area (Å²) in [6, 6.07) is 0. The zero-order valence-electron chi connectivity index (χ0n) is 11.1. The highest BCUT2D eigenvalue weighted by atomic mass is 16.5. The molecule has 0 aliphatic heterocycles. The van der Waals surface area contributed by atoms with E-state index in [2.05, 4.69) is 10.6 Å². The van der Waals surface area contributed by atoms with Crippen LogP contribution < -0.4 is 16.4 Å². The molecule has 0 radical (unpaired) electrons. The summed E-state index contributed by atoms with van der Waals surface area (Å²) in [5.74, 6) is -0.108. The second kappa shape index (κ2) is 11.9. The van der Waals surface area contributed by atoms with Crippen molar-refractivity contribution in [3.63, 3.8) is 0 Å². The quantitative estimate of drug-likeness (QED) is 0.239. The smallest absolute Gasteiger partial charge is 0.251 e. The predicted molar refractivity (Wildman–Crippen MR) is 74.0 cm³/mol. The molecule has 0 bridgehead atoms. The van der Waals surface area contributed by atoms with Gasteiger partial charge in [-0.1, -0.05) is 12.2 Å². The van der Waals surface area contributed by atoms with Gasteiger partial charge in [0.15, 0.2) is 0 Å². The van der Waals surface area contributed by atoms with Crippen LogP contribution in [0.1, 0.15) is 6.92 Å². The monoisotopic (exact) mass is 253 g/mol. The fourth-order valence-electron chi connectivity index (χ4n) is 1.20. The van der Waals surface area contributed by atoms with Gasteiger partial charge >= 0.3 is 0 Å². The Morgan fingerprint density at radius 2 is 2.11 bits per heavy atom. The molecular formula is C13H23N3O2. The molecule has 4 N–H and O–H groups in total. The van der Waals surface area contributed by atoms with E-state index in [9.17, 15) is 4.79 Å². The van der Waals surface area contributed by atoms with Gasteiger partial charge in [-0.2, -0.15) is 0 Å². The third-order valence-corrected chi connectivity index (χ3v) is 2.01. The lowest BCUT2D eigenvalue weighted by molar-refractivity contribution is -0.117. The number of methoxy groups -OCH3 is 1. The molecule has 0 atom stereocenters. The Morgan fingerprint density at radius 1 is 1.33 bits per heavy atom. The lowest BCUT2D eigenvalue weighted by Gasteiger charge is -2.06. The number of nitrogens with two attached hydrogens (primary N) is 1. The zero-order valence-corrected chi connectivity index (χ0v) is 11.1. The lowest BCUT2D eigenvalue weighted by atomic mass is 10.2. The molecule has 0 heterocycles. The Hall–Kier alpha value is -1.59. The summed E-state index contributed by atoms with van der Waals surface area (Å²) in [6.07, 6.45) is 8.47. The maximum Gasteiger partial charge on any atom is 0.251 e. The Morgan fingerprint density at radius 3 is 2.72 bits per heavy atom. The Bertz CT molecular complexity index is 309. The van der Waals surface area contributed by atoms with Crippen LogP contribution >= 0.6 is 0 Å². The first-order valence-corrected chi connectivity index (χ1v) is 5.97. The van der Waals surface area contributed by atoms with E-state index >= 15 is 0 Å². The van der Waals surface area contributed by atoms with E-state index in [0.717, 1.165) is 6.54 Å². The van der Waals surface area contributed by atoms with Gasteiger partial charge in [0.1, 0.15) is 0 Å². The molecule has 0 saturated carbocycles. The average molecular weight is 253 g/mol. The van der Waals surface area contributed by atoms with Crippen LogP contribution in [-0.2, 0) is 9.53 Å². The first-order valence-electron chi connectivity index (χ1n) is 5.97. The summed E-state index contributed by atoms with van der Waals surface area (Å²) in [5, 5.41) is 5.92. The summed E-state index contributed by atoms with van der Waals surface area (Å²) >= 11 is 0. The first-order chi connectivity index (χ1) is 8.76. The zero-order chi connectivity index (χ0) is 13.6. The fraction of sp³-hybridized carbons (Fsp3) is 0.462. The SMILES string of the molecule is C\C=C/C(=C\C=C\OC)C(=O)NCCNCCN. The molecule has 5 nitrogen and oxygen atoms in total. The molecule has 0 saturated heterocycles. The molecule has 0 aliphatic rings. The molecule has 0 aromatic carbocycles. The number of nitrogens with one attached hydrogen (secondary N) is 2. The van der Waals surface area contributed by atoms with Crippen molar-refractivity contribution in [1.29, 1.82) is 0 Å². The molecule has 5 heteroatoms. The summed E-state index contributed by atoms with van der Waals surface area (Å²) in [7, 11) is 1.56. The third-order valence-electron chi connectivity index (χ3n) is 2.01. The van der Waals surface area contributed by atoms with Crippen LogP contribution in [-0.4, -0.2) is 39.2 Å². The maximum absolute atomic E-state index is 11.8. The van der Waals surface area contributed by atoms with Crippen molar-refractivity contribution in [2.75, 3.05) is 33.3 Å². The number of hydrogen-bond acceptors (Lipinski definition) is 4. The van der Waals surface area contributed by atoms with Crippen molar-refractivity contribution in [3.8, 4) is 0 Å². The van der Waals surface area contributed by atoms with Crippen molar-refractivity contribution in [2.24, 2.45) is 5.73 Å². The largest absolute Gasteiger partial charge is 0.504 e. The van der Waals surface area contributed by atoms with E-state index < -0.39 is 0 Å². The van der Waals surface area contributed by atoms with E-state index in [1.807, 2.05) is 13.0 Å². The second-order valence-corrected chi connectivity index (χ2v) is 3.48. The fourth-order valence-corrected chi connectivity index (χ4v) is 1.20. The summed E-state index contributed by atoms with van der Waals surface area (Å²) in [4.78, 5) is 11.8. The first kappa shape index (κ1) is 16.4. The standard InChI is InChI=1S/C13H23N3O2/c1-3-5-12(6-4-11-18-2)13(17)16-10-9-15-8-7-14/h3-6,11,15H,7-10,14H2,1-2H3,(H,16,17)/b5-3-,11-4+,12-6+. The highest BCUT2D eigenvalue weighted by Gasteiger charge is 2.03. The van der Waals surface area contributed by atoms with Crippen LogP contribution in [0.5, 0.6) is 0 Å². The third kappa shape index (κ3) is 8.55. The van der Waals surface area contributed by atoms with Crippen LogP contribution in [0.2, 0.25) is 0 Å². The number of ether oxygens (including phenoxy) is 1. The highest BCUT2D eigenvalue weighted by molar-refractivity contribution is 5.96. The molecular weight excluding hydrogens is 230 g/mol. The van der Waals surface area contributed by atoms with E-state index in [1.54, 1.807) is 25.3 Å². The number of hydrogen-bond donors (Lipinski definition) is 3. The van der Waals surface area contributed by atoms with Crippen molar-refractivity contribution < 1.29 is 9.53 Å². The Balaban J connectivity index is 4.15. The molecule has 18 heavy (non-hydrogen) atoms. The average Bonchev–Trinajstić information content (AvgIpc) is 2.37. The van der Waals surface area contributed by atoms with Crippen LogP contribution in [0, 0.1) is 0 Å². The highest BCUT2D eigenvalue weighted by Crippen LogP contribution is 1.98. The predicted octanol–water partition coefficient (Wildman–Crippen LogP) is 0.314. The Labute approximate surface area is 109 Å². The van der Waals surface area contributed by atoms with Gasteiger partial charge in [-0.15, -0.1) is 0 Å². The minimum Gasteiger partial charge on any atom is -0.504 e. The van der Waals surface area contributed by atoms with Gasteiger partial charge in [-0.05, 0) is 19.1 Å². The molecule has 0 aromatic rings. The molecule has 0 spiro atoms. The van der Waals surface area contributed by atoms with Crippen molar-refractivity contribution in [3.05, 3.63) is 36.1 Å². The number of carbonyl (C=O) groups is 1. The number of amides is 1. The van der Waals surface area contributed by atoms with Crippen LogP contribution in [0.15, 0.2) is 36.1 Å². The topological polar surface area (TPSA) is 76.4 Å². The molecule has 0 aliphatic carbocycles. The van der Waals surface area contributed by atoms with E-state index in [4.69, 9.17) is 10.5 Å². The van der Waals surface area contributed by atoms with Crippen LogP contribution in [0.25, 0.3) is 0 Å². The number of carbonyl (C=O) groups excluding carboxylic acids is 1. The van der Waals surface area contributed by atoms with Gasteiger partial charge < -0.3 is 21.1 Å². The van der Waals surface area contributed by atoms with Gasteiger partial charge in [-0.3, -0.25) is 4.79 Å². The van der Waals surface area contributed by atoms with Crippen LogP contribution in [0.4, 0.5) is 0 Å². The summed E-state index contributed by atoms with van der Waals surface area (Å²) in [5.41, 5.74) is 5.93. The molecule has 0 fully saturated rings. The van der Waals surface area contributed by atoms with Gasteiger partial charge in [0.2, 0.25) is 0 Å². The summed E-state index contributed by atoms with van der Waals surface area (Å²) < 4.78 is 4.77. The normalized spacial score (nSPS) is 12.3. The van der Waals surface area contributed by atoms with Crippen molar-refractivity contribution >= 4 is 5.91 Å². The molecule has 0 aromatic heterocycles.